The van der Waals surface area contributed by atoms with Crippen LogP contribution in [0.4, 0.5) is 0 Å². The van der Waals surface area contributed by atoms with Crippen molar-refractivity contribution in [1.82, 2.24) is 9.88 Å². The Hall–Kier alpha value is -1.48. The average Bonchev–Trinajstić information content (AvgIpc) is 2.72. The number of hydrogen-bond acceptors (Lipinski definition) is 2. The van der Waals surface area contributed by atoms with Gasteiger partial charge in [0.05, 0.1) is 6.61 Å². The first-order chi connectivity index (χ1) is 9.24. The number of aryl methyl sites for hydroxylation is 1. The first-order valence-electron chi connectivity index (χ1n) is 7.14. The van der Waals surface area contributed by atoms with Gasteiger partial charge >= 0.3 is 0 Å². The van der Waals surface area contributed by atoms with Crippen molar-refractivity contribution in [3.63, 3.8) is 0 Å². The lowest BCUT2D eigenvalue weighted by molar-refractivity contribution is 0.340. The van der Waals surface area contributed by atoms with Crippen molar-refractivity contribution in [1.29, 1.82) is 0 Å². The predicted molar refractivity (Wildman–Crippen MR) is 79.0 cm³/mol. The minimum Gasteiger partial charge on any atom is -0.494 e. The summed E-state index contributed by atoms with van der Waals surface area (Å²) in [5.74, 6) is 0.981. The fourth-order valence-electron chi connectivity index (χ4n) is 3.26. The van der Waals surface area contributed by atoms with Crippen molar-refractivity contribution in [2.75, 3.05) is 13.7 Å². The Kier molecular flexibility index (Phi) is 3.23. The van der Waals surface area contributed by atoms with E-state index >= 15 is 0 Å². The van der Waals surface area contributed by atoms with Gasteiger partial charge in [0.15, 0.2) is 0 Å². The molecule has 1 aromatic carbocycles. The zero-order chi connectivity index (χ0) is 13.4. The standard InChI is InChI=1S/C16H22N2O/c1-4-19-12-6-8-16-14(10-12)13-9-11(17-2)5-7-15(13)18(16)3/h6,8,10-11,17H,4-5,7,9H2,1-3H3. The van der Waals surface area contributed by atoms with Crippen molar-refractivity contribution in [3.05, 3.63) is 29.5 Å². The van der Waals surface area contributed by atoms with Gasteiger partial charge in [-0.3, -0.25) is 0 Å². The molecule has 1 aliphatic carbocycles. The summed E-state index contributed by atoms with van der Waals surface area (Å²) in [4.78, 5) is 0. The molecule has 102 valence electrons. The van der Waals surface area contributed by atoms with Gasteiger partial charge in [0.1, 0.15) is 5.75 Å². The molecule has 1 aromatic heterocycles. The summed E-state index contributed by atoms with van der Waals surface area (Å²) in [6, 6.07) is 7.07. The van der Waals surface area contributed by atoms with E-state index in [4.69, 9.17) is 4.74 Å². The van der Waals surface area contributed by atoms with E-state index in [1.807, 2.05) is 6.92 Å². The van der Waals surface area contributed by atoms with Gasteiger partial charge in [-0.1, -0.05) is 0 Å². The smallest absolute Gasteiger partial charge is 0.120 e. The second kappa shape index (κ2) is 4.89. The maximum Gasteiger partial charge on any atom is 0.120 e. The summed E-state index contributed by atoms with van der Waals surface area (Å²) in [7, 11) is 4.24. The third-order valence-electron chi connectivity index (χ3n) is 4.31. The minimum absolute atomic E-state index is 0.605. The third kappa shape index (κ3) is 2.02. The van der Waals surface area contributed by atoms with Crippen molar-refractivity contribution in [3.8, 4) is 5.75 Å². The number of benzene rings is 1. The molecule has 0 radical (unpaired) electrons. The van der Waals surface area contributed by atoms with Crippen LogP contribution < -0.4 is 10.1 Å². The van der Waals surface area contributed by atoms with Crippen LogP contribution in [0.15, 0.2) is 18.2 Å². The van der Waals surface area contributed by atoms with Gasteiger partial charge in [0, 0.05) is 29.7 Å². The van der Waals surface area contributed by atoms with Crippen molar-refractivity contribution < 1.29 is 4.74 Å². The first-order valence-corrected chi connectivity index (χ1v) is 7.14. The molecular weight excluding hydrogens is 236 g/mol. The Bertz CT molecular complexity index is 600. The molecule has 3 rings (SSSR count). The SMILES string of the molecule is CCOc1ccc2c(c1)c1c(n2C)CCC(NC)C1. The maximum absolute atomic E-state index is 5.64. The Balaban J connectivity index is 2.13. The van der Waals surface area contributed by atoms with Crippen LogP contribution in [0.25, 0.3) is 10.9 Å². The molecule has 0 saturated carbocycles. The van der Waals surface area contributed by atoms with E-state index in [-0.39, 0.29) is 0 Å². The molecule has 0 amide bonds. The van der Waals surface area contributed by atoms with Crippen LogP contribution in [0.2, 0.25) is 0 Å². The van der Waals surface area contributed by atoms with Gasteiger partial charge in [-0.25, -0.2) is 0 Å². The number of rotatable bonds is 3. The number of ether oxygens (including phenoxy) is 1. The van der Waals surface area contributed by atoms with Crippen LogP contribution in [-0.2, 0) is 19.9 Å². The van der Waals surface area contributed by atoms with Crippen LogP contribution in [0.1, 0.15) is 24.6 Å². The van der Waals surface area contributed by atoms with Gasteiger partial charge in [0.25, 0.3) is 0 Å². The monoisotopic (exact) mass is 258 g/mol. The van der Waals surface area contributed by atoms with Crippen LogP contribution in [0, 0.1) is 0 Å². The molecule has 2 aromatic rings. The van der Waals surface area contributed by atoms with Crippen molar-refractivity contribution in [2.45, 2.75) is 32.2 Å². The summed E-state index contributed by atoms with van der Waals surface area (Å²) in [5.41, 5.74) is 4.32. The summed E-state index contributed by atoms with van der Waals surface area (Å²) >= 11 is 0. The fourth-order valence-corrected chi connectivity index (χ4v) is 3.26. The molecule has 1 heterocycles. The Morgan fingerprint density at radius 3 is 3.00 bits per heavy atom. The lowest BCUT2D eigenvalue weighted by Gasteiger charge is -2.22. The minimum atomic E-state index is 0.605. The Morgan fingerprint density at radius 2 is 2.26 bits per heavy atom. The lowest BCUT2D eigenvalue weighted by Crippen LogP contribution is -2.31. The van der Waals surface area contributed by atoms with E-state index in [1.165, 1.54) is 28.6 Å². The largest absolute Gasteiger partial charge is 0.494 e. The summed E-state index contributed by atoms with van der Waals surface area (Å²) in [5, 5.41) is 4.78. The molecule has 0 saturated heterocycles. The zero-order valence-electron chi connectivity index (χ0n) is 12.0. The van der Waals surface area contributed by atoms with E-state index in [0.717, 1.165) is 25.2 Å². The molecule has 0 fully saturated rings. The predicted octanol–water partition coefficient (Wildman–Crippen LogP) is 2.65. The molecule has 19 heavy (non-hydrogen) atoms. The highest BCUT2D eigenvalue weighted by Gasteiger charge is 2.23. The van der Waals surface area contributed by atoms with Gasteiger partial charge in [0.2, 0.25) is 0 Å². The van der Waals surface area contributed by atoms with Gasteiger partial charge < -0.3 is 14.6 Å². The second-order valence-electron chi connectivity index (χ2n) is 5.32. The topological polar surface area (TPSA) is 26.2 Å². The maximum atomic E-state index is 5.64. The summed E-state index contributed by atoms with van der Waals surface area (Å²) < 4.78 is 8.00. The number of nitrogens with zero attached hydrogens (tertiary/aromatic N) is 1. The van der Waals surface area contributed by atoms with E-state index in [0.29, 0.717) is 6.04 Å². The van der Waals surface area contributed by atoms with E-state index < -0.39 is 0 Å². The molecule has 0 bridgehead atoms. The zero-order valence-corrected chi connectivity index (χ0v) is 12.0. The molecule has 1 unspecified atom stereocenters. The molecule has 3 nitrogen and oxygen atoms in total. The van der Waals surface area contributed by atoms with Crippen LogP contribution >= 0.6 is 0 Å². The Labute approximate surface area is 114 Å². The number of likely N-dealkylation sites (N-methyl/N-ethyl adjacent to an activating group) is 1. The quantitative estimate of drug-likeness (QED) is 0.916. The fraction of sp³-hybridized carbons (Fsp3) is 0.500. The highest BCUT2D eigenvalue weighted by Crippen LogP contribution is 2.33. The molecular formula is C16H22N2O. The van der Waals surface area contributed by atoms with Crippen LogP contribution in [0.3, 0.4) is 0 Å². The number of fused-ring (bicyclic) bond motifs is 3. The van der Waals surface area contributed by atoms with Crippen molar-refractivity contribution in [2.24, 2.45) is 7.05 Å². The molecule has 0 spiro atoms. The number of nitrogens with one attached hydrogen (secondary N) is 1. The molecule has 1 atom stereocenters. The lowest BCUT2D eigenvalue weighted by atomic mass is 9.91. The summed E-state index contributed by atoms with van der Waals surface area (Å²) in [6.45, 7) is 2.75. The molecule has 3 heteroatoms. The van der Waals surface area contributed by atoms with Crippen LogP contribution in [0.5, 0.6) is 5.75 Å². The normalized spacial score (nSPS) is 18.6. The van der Waals surface area contributed by atoms with Crippen LogP contribution in [-0.4, -0.2) is 24.3 Å². The second-order valence-corrected chi connectivity index (χ2v) is 5.32. The van der Waals surface area contributed by atoms with Gasteiger partial charge in [-0.05, 0) is 57.0 Å². The number of hydrogen-bond donors (Lipinski definition) is 1. The highest BCUT2D eigenvalue weighted by molar-refractivity contribution is 5.87. The van der Waals surface area contributed by atoms with E-state index in [1.54, 1.807) is 0 Å². The molecule has 1 N–H and O–H groups in total. The first kappa shape index (κ1) is 12.5. The van der Waals surface area contributed by atoms with Gasteiger partial charge in [-0.2, -0.15) is 0 Å². The molecule has 1 aliphatic rings. The highest BCUT2D eigenvalue weighted by atomic mass is 16.5. The third-order valence-corrected chi connectivity index (χ3v) is 4.31. The Morgan fingerprint density at radius 1 is 1.42 bits per heavy atom. The van der Waals surface area contributed by atoms with E-state index in [9.17, 15) is 0 Å². The average molecular weight is 258 g/mol. The number of aromatic nitrogens is 1. The van der Waals surface area contributed by atoms with Crippen molar-refractivity contribution >= 4 is 10.9 Å². The van der Waals surface area contributed by atoms with E-state index in [2.05, 4.69) is 42.2 Å². The van der Waals surface area contributed by atoms with Gasteiger partial charge in [-0.15, -0.1) is 0 Å². The molecule has 0 aliphatic heterocycles. The summed E-state index contributed by atoms with van der Waals surface area (Å²) in [6.07, 6.45) is 3.51.